The lowest BCUT2D eigenvalue weighted by Crippen LogP contribution is -2.13. The minimum atomic E-state index is -3.75. The van der Waals surface area contributed by atoms with Gasteiger partial charge in [-0.05, 0) is 18.6 Å². The van der Waals surface area contributed by atoms with Gasteiger partial charge in [-0.1, -0.05) is 18.3 Å². The first-order valence-electron chi connectivity index (χ1n) is 5.26. The summed E-state index contributed by atoms with van der Waals surface area (Å²) in [6.07, 6.45) is 1.82. The molecule has 2 rings (SSSR count). The van der Waals surface area contributed by atoms with E-state index < -0.39 is 10.0 Å². The zero-order valence-corrected chi connectivity index (χ0v) is 11.5. The van der Waals surface area contributed by atoms with Crippen LogP contribution in [0.1, 0.15) is 17.6 Å². The molecule has 19 heavy (non-hydrogen) atoms. The molecule has 1 N–H and O–H groups in total. The van der Waals surface area contributed by atoms with E-state index in [2.05, 4.69) is 19.9 Å². The van der Waals surface area contributed by atoms with Gasteiger partial charge >= 0.3 is 0 Å². The molecule has 0 fully saturated rings. The van der Waals surface area contributed by atoms with Crippen LogP contribution in [0.3, 0.4) is 0 Å². The highest BCUT2D eigenvalue weighted by Crippen LogP contribution is 2.19. The minimum Gasteiger partial charge on any atom is -0.253 e. The number of rotatable bonds is 4. The predicted molar refractivity (Wildman–Crippen MR) is 69.0 cm³/mol. The smallest absolute Gasteiger partial charge is 0.253 e. The molecular formula is C10H9N5O2S2. The van der Waals surface area contributed by atoms with Crippen LogP contribution in [0.5, 0.6) is 0 Å². The Labute approximate surface area is 114 Å². The number of aromatic nitrogens is 3. The van der Waals surface area contributed by atoms with Gasteiger partial charge in [0.1, 0.15) is 21.7 Å². The van der Waals surface area contributed by atoms with Gasteiger partial charge in [0.05, 0.1) is 0 Å². The quantitative estimate of drug-likeness (QED) is 0.906. The summed E-state index contributed by atoms with van der Waals surface area (Å²) in [4.78, 5) is 3.69. The Morgan fingerprint density at radius 1 is 1.42 bits per heavy atom. The summed E-state index contributed by atoms with van der Waals surface area (Å²) in [5, 5.41) is 17.1. The third-order valence-corrected chi connectivity index (χ3v) is 4.59. The second-order valence-corrected chi connectivity index (χ2v) is 6.20. The number of nitriles is 1. The van der Waals surface area contributed by atoms with Crippen LogP contribution < -0.4 is 4.72 Å². The van der Waals surface area contributed by atoms with Crippen LogP contribution in [0.25, 0.3) is 0 Å². The van der Waals surface area contributed by atoms with Crippen molar-refractivity contribution in [3.05, 3.63) is 29.0 Å². The van der Waals surface area contributed by atoms with Crippen LogP contribution in [0.15, 0.2) is 23.2 Å². The van der Waals surface area contributed by atoms with Crippen molar-refractivity contribution in [1.82, 2.24) is 15.2 Å². The number of pyridine rings is 1. The molecule has 2 aromatic rings. The van der Waals surface area contributed by atoms with E-state index in [1.54, 1.807) is 0 Å². The molecule has 0 aliphatic heterocycles. The molecule has 0 atom stereocenters. The van der Waals surface area contributed by atoms with E-state index in [1.807, 2.05) is 13.0 Å². The molecule has 9 heteroatoms. The largest absolute Gasteiger partial charge is 0.265 e. The third-order valence-electron chi connectivity index (χ3n) is 2.15. The Morgan fingerprint density at radius 2 is 2.21 bits per heavy atom. The molecular weight excluding hydrogens is 286 g/mol. The van der Waals surface area contributed by atoms with Gasteiger partial charge in [0.25, 0.3) is 10.0 Å². The van der Waals surface area contributed by atoms with Gasteiger partial charge in [0.15, 0.2) is 0 Å². The van der Waals surface area contributed by atoms with Crippen LogP contribution >= 0.6 is 11.3 Å². The molecule has 0 unspecified atom stereocenters. The van der Waals surface area contributed by atoms with Gasteiger partial charge in [0.2, 0.25) is 5.13 Å². The van der Waals surface area contributed by atoms with Gasteiger partial charge in [-0.25, -0.2) is 13.4 Å². The normalized spacial score (nSPS) is 10.9. The number of hydrogen-bond donors (Lipinski definition) is 1. The van der Waals surface area contributed by atoms with Crippen molar-refractivity contribution in [3.8, 4) is 6.07 Å². The lowest BCUT2D eigenvalue weighted by molar-refractivity contribution is 0.600. The maximum absolute atomic E-state index is 12.0. The highest BCUT2D eigenvalue weighted by molar-refractivity contribution is 7.93. The van der Waals surface area contributed by atoms with Crippen molar-refractivity contribution >= 4 is 26.5 Å². The predicted octanol–water partition coefficient (Wildman–Crippen LogP) is 1.17. The van der Waals surface area contributed by atoms with Gasteiger partial charge < -0.3 is 0 Å². The van der Waals surface area contributed by atoms with Crippen molar-refractivity contribution in [1.29, 1.82) is 5.26 Å². The van der Waals surface area contributed by atoms with Crippen LogP contribution in [0.2, 0.25) is 0 Å². The molecule has 2 aromatic heterocycles. The number of aryl methyl sites for hydroxylation is 1. The Morgan fingerprint density at radius 3 is 2.74 bits per heavy atom. The Bertz CT molecular complexity index is 715. The number of nitrogens with zero attached hydrogens (tertiary/aromatic N) is 4. The summed E-state index contributed by atoms with van der Waals surface area (Å²) in [5.74, 6) is 0. The van der Waals surface area contributed by atoms with Gasteiger partial charge in [-0.3, -0.25) is 4.72 Å². The zero-order valence-electron chi connectivity index (χ0n) is 9.86. The lowest BCUT2D eigenvalue weighted by Gasteiger charge is -2.03. The monoisotopic (exact) mass is 295 g/mol. The van der Waals surface area contributed by atoms with Gasteiger partial charge in [-0.15, -0.1) is 10.2 Å². The first kappa shape index (κ1) is 13.4. The van der Waals surface area contributed by atoms with E-state index >= 15 is 0 Å². The second kappa shape index (κ2) is 5.29. The highest BCUT2D eigenvalue weighted by Gasteiger charge is 2.17. The molecule has 0 aliphatic rings. The summed E-state index contributed by atoms with van der Waals surface area (Å²) < 4.78 is 26.3. The van der Waals surface area contributed by atoms with Crippen LogP contribution in [-0.4, -0.2) is 23.6 Å². The number of nitrogens with one attached hydrogen (secondary N) is 1. The molecule has 98 valence electrons. The average Bonchev–Trinajstić information content (AvgIpc) is 2.85. The Balaban J connectivity index is 2.24. The molecule has 0 amide bonds. The molecule has 0 radical (unpaired) electrons. The fraction of sp³-hybridized carbons (Fsp3) is 0.200. The maximum atomic E-state index is 12.0. The van der Waals surface area contributed by atoms with E-state index in [4.69, 9.17) is 5.26 Å². The van der Waals surface area contributed by atoms with E-state index in [-0.39, 0.29) is 15.7 Å². The van der Waals surface area contributed by atoms with Crippen LogP contribution in [0.4, 0.5) is 5.13 Å². The maximum Gasteiger partial charge on any atom is 0.265 e. The Hall–Kier alpha value is -2.05. The Kier molecular flexibility index (Phi) is 3.73. The highest BCUT2D eigenvalue weighted by atomic mass is 32.2. The van der Waals surface area contributed by atoms with Crippen LogP contribution in [0, 0.1) is 11.3 Å². The van der Waals surface area contributed by atoms with Crippen molar-refractivity contribution in [3.63, 3.8) is 0 Å². The standard InChI is InChI=1S/C10H9N5O2S2/c1-2-9-13-14-10(18-9)15-19(16,17)8-4-3-7(5-11)12-6-8/h3-4,6H,2H2,1H3,(H,14,15). The summed E-state index contributed by atoms with van der Waals surface area (Å²) in [5.41, 5.74) is 0.156. The molecule has 0 saturated carbocycles. The van der Waals surface area contributed by atoms with E-state index in [0.717, 1.165) is 11.2 Å². The topological polar surface area (TPSA) is 109 Å². The first-order chi connectivity index (χ1) is 9.05. The molecule has 0 saturated heterocycles. The van der Waals surface area contributed by atoms with E-state index in [9.17, 15) is 8.42 Å². The van der Waals surface area contributed by atoms with E-state index in [1.165, 1.54) is 23.5 Å². The molecule has 0 spiro atoms. The molecule has 2 heterocycles. The minimum absolute atomic E-state index is 0.0280. The van der Waals surface area contributed by atoms with Crippen molar-refractivity contribution in [2.24, 2.45) is 0 Å². The number of hydrogen-bond acceptors (Lipinski definition) is 7. The van der Waals surface area contributed by atoms with E-state index in [0.29, 0.717) is 6.42 Å². The fourth-order valence-electron chi connectivity index (χ4n) is 1.22. The number of anilines is 1. The number of sulfonamides is 1. The average molecular weight is 295 g/mol. The van der Waals surface area contributed by atoms with Crippen molar-refractivity contribution in [2.45, 2.75) is 18.2 Å². The van der Waals surface area contributed by atoms with Gasteiger partial charge in [-0.2, -0.15) is 5.26 Å². The first-order valence-corrected chi connectivity index (χ1v) is 7.56. The summed E-state index contributed by atoms with van der Waals surface area (Å²) in [7, 11) is -3.75. The second-order valence-electron chi connectivity index (χ2n) is 3.45. The third kappa shape index (κ3) is 3.04. The molecule has 0 aliphatic carbocycles. The molecule has 0 aromatic carbocycles. The van der Waals surface area contributed by atoms with Crippen molar-refractivity contribution in [2.75, 3.05) is 4.72 Å². The van der Waals surface area contributed by atoms with Gasteiger partial charge in [0, 0.05) is 6.20 Å². The van der Waals surface area contributed by atoms with Crippen LogP contribution in [-0.2, 0) is 16.4 Å². The fourth-order valence-corrected chi connectivity index (χ4v) is 3.07. The summed E-state index contributed by atoms with van der Waals surface area (Å²) >= 11 is 1.18. The lowest BCUT2D eigenvalue weighted by atomic mass is 10.4. The summed E-state index contributed by atoms with van der Waals surface area (Å²) in [6.45, 7) is 1.91. The molecule has 0 bridgehead atoms. The van der Waals surface area contributed by atoms with Crippen molar-refractivity contribution < 1.29 is 8.42 Å². The SMILES string of the molecule is CCc1nnc(NS(=O)(=O)c2ccc(C#N)nc2)s1. The zero-order chi connectivity index (χ0) is 13.9. The molecule has 7 nitrogen and oxygen atoms in total. The summed E-state index contributed by atoms with van der Waals surface area (Å²) in [6, 6.07) is 4.47.